The summed E-state index contributed by atoms with van der Waals surface area (Å²) in [5, 5.41) is 8.58. The predicted octanol–water partition coefficient (Wildman–Crippen LogP) is 3.72. The highest BCUT2D eigenvalue weighted by Gasteiger charge is 2.34. The first-order chi connectivity index (χ1) is 13.1. The van der Waals surface area contributed by atoms with Crippen LogP contribution in [0.4, 0.5) is 0 Å². The number of rotatable bonds is 3. The number of nitrogens with zero attached hydrogens (tertiary/aromatic N) is 3. The monoisotopic (exact) mass is 404 g/mol. The topological polar surface area (TPSA) is 71.3 Å². The maximum Gasteiger partial charge on any atom is 0.259 e. The largest absolute Gasteiger partial charge is 0.339 e. The van der Waals surface area contributed by atoms with Crippen molar-refractivity contribution in [2.24, 2.45) is 11.8 Å². The number of halogens is 1. The summed E-state index contributed by atoms with van der Waals surface area (Å²) in [5.74, 6) is 2.22. The average molecular weight is 405 g/mol. The van der Waals surface area contributed by atoms with Crippen LogP contribution >= 0.6 is 12.4 Å². The van der Waals surface area contributed by atoms with E-state index in [0.29, 0.717) is 23.5 Å². The molecular weight excluding hydrogens is 376 g/mol. The van der Waals surface area contributed by atoms with Crippen LogP contribution in [0, 0.1) is 11.8 Å². The third-order valence-electron chi connectivity index (χ3n) is 6.57. The van der Waals surface area contributed by atoms with E-state index in [1.807, 2.05) is 6.07 Å². The van der Waals surface area contributed by atoms with Crippen LogP contribution in [0.15, 0.2) is 10.6 Å². The van der Waals surface area contributed by atoms with Crippen LogP contribution in [-0.2, 0) is 0 Å². The predicted molar refractivity (Wildman–Crippen MR) is 110 cm³/mol. The summed E-state index contributed by atoms with van der Waals surface area (Å²) in [5.41, 5.74) is 3.12. The van der Waals surface area contributed by atoms with Gasteiger partial charge >= 0.3 is 0 Å². The number of carbonyl (C=O) groups is 1. The van der Waals surface area contributed by atoms with Crippen molar-refractivity contribution >= 4 is 29.4 Å². The van der Waals surface area contributed by atoms with E-state index in [1.54, 1.807) is 0 Å². The molecule has 0 aromatic carbocycles. The lowest BCUT2D eigenvalue weighted by Crippen LogP contribution is -2.33. The maximum absolute atomic E-state index is 13.6. The zero-order valence-corrected chi connectivity index (χ0v) is 17.4. The highest BCUT2D eigenvalue weighted by Crippen LogP contribution is 2.41. The van der Waals surface area contributed by atoms with Crippen LogP contribution in [0.5, 0.6) is 0 Å². The fourth-order valence-corrected chi connectivity index (χ4v) is 4.73. The van der Waals surface area contributed by atoms with Gasteiger partial charge in [0.05, 0.1) is 16.6 Å². The molecule has 7 heteroatoms. The van der Waals surface area contributed by atoms with Gasteiger partial charge in [0.2, 0.25) is 0 Å². The molecule has 2 aromatic rings. The van der Waals surface area contributed by atoms with Gasteiger partial charge in [0.1, 0.15) is 0 Å². The fraction of sp³-hybridized carbons (Fsp3) is 0.667. The Morgan fingerprint density at radius 3 is 2.46 bits per heavy atom. The molecule has 0 bridgehead atoms. The van der Waals surface area contributed by atoms with Gasteiger partial charge in [-0.1, -0.05) is 19.0 Å². The van der Waals surface area contributed by atoms with Crippen molar-refractivity contribution in [3.8, 4) is 0 Å². The minimum absolute atomic E-state index is 0. The molecule has 3 fully saturated rings. The van der Waals surface area contributed by atoms with E-state index in [1.165, 1.54) is 0 Å². The Kier molecular flexibility index (Phi) is 5.36. The first-order valence-corrected chi connectivity index (χ1v) is 10.4. The van der Waals surface area contributed by atoms with Gasteiger partial charge in [-0.15, -0.1) is 12.4 Å². The normalized spacial score (nSPS) is 24.9. The Balaban J connectivity index is 0.00000192. The highest BCUT2D eigenvalue weighted by molar-refractivity contribution is 6.06. The summed E-state index contributed by atoms with van der Waals surface area (Å²) in [6.07, 6.45) is 4.48. The Morgan fingerprint density at radius 1 is 1.18 bits per heavy atom. The number of nitrogens with one attached hydrogen (secondary N) is 1. The van der Waals surface area contributed by atoms with E-state index in [2.05, 4.69) is 34.2 Å². The summed E-state index contributed by atoms with van der Waals surface area (Å²) in [4.78, 5) is 20.3. The summed E-state index contributed by atoms with van der Waals surface area (Å²) in [7, 11) is 0. The lowest BCUT2D eigenvalue weighted by Gasteiger charge is -2.22. The second kappa shape index (κ2) is 7.64. The van der Waals surface area contributed by atoms with E-state index < -0.39 is 0 Å². The van der Waals surface area contributed by atoms with E-state index in [0.717, 1.165) is 74.2 Å². The summed E-state index contributed by atoms with van der Waals surface area (Å²) in [6.45, 7) is 8.04. The summed E-state index contributed by atoms with van der Waals surface area (Å²) < 4.78 is 5.55. The summed E-state index contributed by atoms with van der Waals surface area (Å²) >= 11 is 0. The van der Waals surface area contributed by atoms with Crippen LogP contribution in [-0.4, -0.2) is 47.1 Å². The second-order valence-electron chi connectivity index (χ2n) is 8.82. The number of hydrogen-bond donors (Lipinski definition) is 1. The van der Waals surface area contributed by atoms with Crippen molar-refractivity contribution in [1.29, 1.82) is 0 Å². The molecule has 152 valence electrons. The number of aromatic nitrogens is 2. The molecule has 6 nitrogen and oxygen atoms in total. The van der Waals surface area contributed by atoms with Crippen molar-refractivity contribution in [3.63, 3.8) is 0 Å². The molecule has 2 saturated heterocycles. The van der Waals surface area contributed by atoms with Crippen molar-refractivity contribution in [2.75, 3.05) is 26.2 Å². The number of fused-ring (bicyclic) bond motifs is 2. The van der Waals surface area contributed by atoms with Gasteiger partial charge in [0.15, 0.2) is 0 Å². The third-order valence-corrected chi connectivity index (χ3v) is 6.57. The molecule has 0 spiro atoms. The first-order valence-electron chi connectivity index (χ1n) is 10.4. The molecule has 1 aliphatic carbocycles. The molecule has 1 saturated carbocycles. The van der Waals surface area contributed by atoms with Crippen molar-refractivity contribution in [3.05, 3.63) is 23.0 Å². The minimum Gasteiger partial charge on any atom is -0.339 e. The lowest BCUT2D eigenvalue weighted by atomic mass is 9.92. The van der Waals surface area contributed by atoms with Gasteiger partial charge in [-0.05, 0) is 62.6 Å². The van der Waals surface area contributed by atoms with E-state index in [9.17, 15) is 4.79 Å². The smallest absolute Gasteiger partial charge is 0.259 e. The molecule has 0 unspecified atom stereocenters. The maximum atomic E-state index is 13.6. The Hall–Kier alpha value is -1.66. The van der Waals surface area contributed by atoms with Gasteiger partial charge in [-0.25, -0.2) is 4.98 Å². The molecule has 3 aliphatic rings. The molecule has 2 aliphatic heterocycles. The van der Waals surface area contributed by atoms with E-state index >= 15 is 0 Å². The van der Waals surface area contributed by atoms with Gasteiger partial charge in [0.25, 0.3) is 11.6 Å². The molecule has 5 rings (SSSR count). The number of hydrogen-bond acceptors (Lipinski definition) is 5. The number of amides is 1. The summed E-state index contributed by atoms with van der Waals surface area (Å²) in [6, 6.07) is 2.03. The van der Waals surface area contributed by atoms with Crippen molar-refractivity contribution < 1.29 is 9.32 Å². The molecule has 0 radical (unpaired) electrons. The molecule has 28 heavy (non-hydrogen) atoms. The van der Waals surface area contributed by atoms with Gasteiger partial charge in [-0.2, -0.15) is 0 Å². The molecule has 2 aromatic heterocycles. The van der Waals surface area contributed by atoms with Crippen LogP contribution in [0.1, 0.15) is 73.1 Å². The molecule has 4 heterocycles. The first kappa shape index (κ1) is 19.6. The van der Waals surface area contributed by atoms with E-state index in [4.69, 9.17) is 4.52 Å². The molecule has 2 atom stereocenters. The van der Waals surface area contributed by atoms with Crippen LogP contribution < -0.4 is 5.32 Å². The fourth-order valence-electron chi connectivity index (χ4n) is 4.73. The molecular formula is C21H29ClN4O2. The Labute approximate surface area is 171 Å². The zero-order valence-electron chi connectivity index (χ0n) is 16.6. The highest BCUT2D eigenvalue weighted by atomic mass is 35.5. The second-order valence-corrected chi connectivity index (χ2v) is 8.82. The Bertz CT molecular complexity index is 863. The van der Waals surface area contributed by atoms with Gasteiger partial charge in [-0.3, -0.25) is 4.79 Å². The van der Waals surface area contributed by atoms with Crippen LogP contribution in [0.2, 0.25) is 0 Å². The average Bonchev–Trinajstić information content (AvgIpc) is 3.33. The number of likely N-dealkylation sites (tertiary alicyclic amines) is 1. The SMILES string of the molecule is CC(C)c1noc2nc(C3CC3)cc(C(=O)N3CC[C@@H]4CNC[C@@H]4CC3)c12.Cl. The number of pyridine rings is 1. The quantitative estimate of drug-likeness (QED) is 0.844. The van der Waals surface area contributed by atoms with Crippen molar-refractivity contribution in [1.82, 2.24) is 20.4 Å². The molecule has 1 amide bonds. The lowest BCUT2D eigenvalue weighted by molar-refractivity contribution is 0.0760. The Morgan fingerprint density at radius 2 is 1.86 bits per heavy atom. The van der Waals surface area contributed by atoms with E-state index in [-0.39, 0.29) is 24.2 Å². The molecule has 1 N–H and O–H groups in total. The van der Waals surface area contributed by atoms with Gasteiger partial charge < -0.3 is 14.7 Å². The minimum atomic E-state index is 0. The third kappa shape index (κ3) is 3.41. The standard InChI is InChI=1S/C21H28N4O2.ClH/c1-12(2)19-18-16(9-17(13-3-4-13)23-20(18)27-24-19)21(26)25-7-5-14-10-22-11-15(14)6-8-25;/h9,12-15,22H,3-8,10-11H2,1-2H3;1H/t14-,15+;. The van der Waals surface area contributed by atoms with Crippen LogP contribution in [0.25, 0.3) is 11.1 Å². The van der Waals surface area contributed by atoms with Gasteiger partial charge in [0, 0.05) is 24.7 Å². The van der Waals surface area contributed by atoms with Crippen LogP contribution in [0.3, 0.4) is 0 Å². The van der Waals surface area contributed by atoms with Crippen molar-refractivity contribution in [2.45, 2.75) is 51.4 Å². The number of carbonyl (C=O) groups excluding carboxylic acids is 1. The zero-order chi connectivity index (χ0) is 18.5.